The average Bonchev–Trinajstić information content (AvgIpc) is 3.35. The van der Waals surface area contributed by atoms with Crippen molar-refractivity contribution in [3.05, 3.63) is 45.0 Å². The van der Waals surface area contributed by atoms with Gasteiger partial charge in [0.05, 0.1) is 10.6 Å². The van der Waals surface area contributed by atoms with Crippen LogP contribution in [0.25, 0.3) is 0 Å². The third kappa shape index (κ3) is 3.63. The molecule has 148 valence electrons. The van der Waals surface area contributed by atoms with E-state index in [2.05, 4.69) is 17.5 Å². The van der Waals surface area contributed by atoms with Crippen LogP contribution in [0.1, 0.15) is 69.7 Å². The molecule has 0 radical (unpaired) electrons. The summed E-state index contributed by atoms with van der Waals surface area (Å²) >= 11 is 1.38. The first-order valence-electron chi connectivity index (χ1n) is 9.87. The highest BCUT2D eigenvalue weighted by Crippen LogP contribution is 2.31. The molecule has 0 spiro atoms. The number of piperidine rings is 1. The number of thiophene rings is 1. The smallest absolute Gasteiger partial charge is 0.289 e. The SMILES string of the molecule is Cc1c(C(=O)N2CCC(C)CC2)oc2c1/C(=N/NC(=O)c1cccs1)CCC2. The van der Waals surface area contributed by atoms with E-state index >= 15 is 0 Å². The second-order valence-corrected chi connectivity index (χ2v) is 8.61. The van der Waals surface area contributed by atoms with Crippen LogP contribution >= 0.6 is 11.3 Å². The molecule has 0 unspecified atom stereocenters. The maximum absolute atomic E-state index is 13.0. The van der Waals surface area contributed by atoms with Crippen LogP contribution in [-0.2, 0) is 6.42 Å². The Bertz CT molecular complexity index is 906. The van der Waals surface area contributed by atoms with E-state index in [0.29, 0.717) is 16.6 Å². The van der Waals surface area contributed by atoms with Crippen molar-refractivity contribution in [2.24, 2.45) is 11.0 Å². The maximum atomic E-state index is 13.0. The van der Waals surface area contributed by atoms with Crippen molar-refractivity contribution in [2.45, 2.75) is 46.0 Å². The van der Waals surface area contributed by atoms with Crippen LogP contribution in [0, 0.1) is 12.8 Å². The molecule has 0 aromatic carbocycles. The molecule has 1 fully saturated rings. The summed E-state index contributed by atoms with van der Waals surface area (Å²) in [6.07, 6.45) is 4.51. The summed E-state index contributed by atoms with van der Waals surface area (Å²) in [4.78, 5) is 27.7. The van der Waals surface area contributed by atoms with Crippen LogP contribution in [-0.4, -0.2) is 35.5 Å². The van der Waals surface area contributed by atoms with Gasteiger partial charge in [0, 0.05) is 30.6 Å². The van der Waals surface area contributed by atoms with Crippen molar-refractivity contribution in [2.75, 3.05) is 13.1 Å². The molecule has 0 bridgehead atoms. The molecule has 3 heterocycles. The van der Waals surface area contributed by atoms with Gasteiger partial charge in [-0.15, -0.1) is 11.3 Å². The number of hydrazone groups is 1. The second-order valence-electron chi connectivity index (χ2n) is 7.66. The average molecular weight is 400 g/mol. The van der Waals surface area contributed by atoms with Crippen LogP contribution < -0.4 is 5.43 Å². The van der Waals surface area contributed by atoms with Crippen molar-refractivity contribution in [3.63, 3.8) is 0 Å². The molecule has 1 saturated heterocycles. The first-order valence-corrected chi connectivity index (χ1v) is 10.7. The number of hydrogen-bond acceptors (Lipinski definition) is 5. The molecule has 1 aliphatic heterocycles. The monoisotopic (exact) mass is 399 g/mol. The first kappa shape index (κ1) is 18.9. The summed E-state index contributed by atoms with van der Waals surface area (Å²) in [5.41, 5.74) is 5.17. The van der Waals surface area contributed by atoms with Crippen molar-refractivity contribution >= 4 is 28.9 Å². The van der Waals surface area contributed by atoms with E-state index < -0.39 is 0 Å². The highest BCUT2D eigenvalue weighted by atomic mass is 32.1. The third-order valence-corrected chi connectivity index (χ3v) is 6.50. The minimum atomic E-state index is -0.213. The Morgan fingerprint density at radius 1 is 1.29 bits per heavy atom. The molecule has 7 heteroatoms. The van der Waals surface area contributed by atoms with Gasteiger partial charge in [-0.2, -0.15) is 5.10 Å². The van der Waals surface area contributed by atoms with E-state index in [-0.39, 0.29) is 11.8 Å². The number of likely N-dealkylation sites (tertiary alicyclic amines) is 1. The molecule has 1 aliphatic carbocycles. The van der Waals surface area contributed by atoms with Gasteiger partial charge >= 0.3 is 0 Å². The number of nitrogens with one attached hydrogen (secondary N) is 1. The zero-order valence-corrected chi connectivity index (χ0v) is 17.1. The zero-order valence-electron chi connectivity index (χ0n) is 16.3. The van der Waals surface area contributed by atoms with Gasteiger partial charge in [-0.3, -0.25) is 9.59 Å². The van der Waals surface area contributed by atoms with E-state index in [0.717, 1.165) is 67.8 Å². The molecule has 2 aromatic heterocycles. The summed E-state index contributed by atoms with van der Waals surface area (Å²) < 4.78 is 6.01. The Morgan fingerprint density at radius 3 is 2.79 bits per heavy atom. The Balaban J connectivity index is 1.56. The number of fused-ring (bicyclic) bond motifs is 1. The Morgan fingerprint density at radius 2 is 2.07 bits per heavy atom. The fourth-order valence-corrected chi connectivity index (χ4v) is 4.53. The molecular formula is C21H25N3O3S. The first-order chi connectivity index (χ1) is 13.5. The van der Waals surface area contributed by atoms with Crippen molar-refractivity contribution in [1.82, 2.24) is 10.3 Å². The van der Waals surface area contributed by atoms with E-state index in [1.165, 1.54) is 11.3 Å². The van der Waals surface area contributed by atoms with Crippen LogP contribution in [0.3, 0.4) is 0 Å². The Labute approximate surface area is 168 Å². The molecule has 2 aromatic rings. The van der Waals surface area contributed by atoms with Gasteiger partial charge in [-0.05, 0) is 50.0 Å². The maximum Gasteiger partial charge on any atom is 0.289 e. The topological polar surface area (TPSA) is 74.9 Å². The molecule has 2 amide bonds. The summed E-state index contributed by atoms with van der Waals surface area (Å²) in [6, 6.07) is 3.61. The molecule has 2 aliphatic rings. The van der Waals surface area contributed by atoms with Gasteiger partial charge in [0.15, 0.2) is 5.76 Å². The highest BCUT2D eigenvalue weighted by molar-refractivity contribution is 7.12. The van der Waals surface area contributed by atoms with E-state index in [9.17, 15) is 9.59 Å². The highest BCUT2D eigenvalue weighted by Gasteiger charge is 2.31. The molecule has 6 nitrogen and oxygen atoms in total. The van der Waals surface area contributed by atoms with Gasteiger partial charge in [0.1, 0.15) is 5.76 Å². The van der Waals surface area contributed by atoms with Gasteiger partial charge in [-0.25, -0.2) is 5.43 Å². The van der Waals surface area contributed by atoms with E-state index in [1.807, 2.05) is 23.3 Å². The number of aryl methyl sites for hydroxylation is 1. The van der Waals surface area contributed by atoms with Crippen LogP contribution in [0.4, 0.5) is 0 Å². The lowest BCUT2D eigenvalue weighted by molar-refractivity contribution is 0.0662. The number of amides is 2. The number of furan rings is 1. The lowest BCUT2D eigenvalue weighted by atomic mass is 9.93. The summed E-state index contributed by atoms with van der Waals surface area (Å²) in [7, 11) is 0. The van der Waals surface area contributed by atoms with Crippen LogP contribution in [0.2, 0.25) is 0 Å². The number of carbonyl (C=O) groups is 2. The van der Waals surface area contributed by atoms with Crippen LogP contribution in [0.15, 0.2) is 27.0 Å². The summed E-state index contributed by atoms with van der Waals surface area (Å²) in [6.45, 7) is 5.71. The largest absolute Gasteiger partial charge is 0.455 e. The van der Waals surface area contributed by atoms with E-state index in [4.69, 9.17) is 4.42 Å². The quantitative estimate of drug-likeness (QED) is 0.793. The zero-order chi connectivity index (χ0) is 19.7. The molecule has 1 N–H and O–H groups in total. The van der Waals surface area contributed by atoms with Gasteiger partial charge in [0.2, 0.25) is 0 Å². The lowest BCUT2D eigenvalue weighted by Gasteiger charge is -2.29. The molecular weight excluding hydrogens is 374 g/mol. The standard InChI is InChI=1S/C21H25N3O3S/c1-13-8-10-24(11-9-13)21(26)19-14(2)18-15(5-3-6-16(18)27-19)22-23-20(25)17-7-4-12-28-17/h4,7,12-13H,3,5-6,8-11H2,1-2H3,(H,23,25)/b22-15+. The Hall–Kier alpha value is -2.41. The van der Waals surface area contributed by atoms with Gasteiger partial charge in [-0.1, -0.05) is 13.0 Å². The number of nitrogens with zero attached hydrogens (tertiary/aromatic N) is 2. The predicted octanol–water partition coefficient (Wildman–Crippen LogP) is 3.99. The van der Waals surface area contributed by atoms with Crippen molar-refractivity contribution in [3.8, 4) is 0 Å². The normalized spacial score (nSPS) is 18.9. The molecule has 0 saturated carbocycles. The molecule has 4 rings (SSSR count). The molecule has 0 atom stereocenters. The summed E-state index contributed by atoms with van der Waals surface area (Å²) in [5.74, 6) is 1.66. The summed E-state index contributed by atoms with van der Waals surface area (Å²) in [5, 5.41) is 6.24. The minimum absolute atomic E-state index is 0.0271. The van der Waals surface area contributed by atoms with Gasteiger partial charge < -0.3 is 9.32 Å². The van der Waals surface area contributed by atoms with Crippen LogP contribution in [0.5, 0.6) is 0 Å². The lowest BCUT2D eigenvalue weighted by Crippen LogP contribution is -2.38. The number of carbonyl (C=O) groups excluding carboxylic acids is 2. The van der Waals surface area contributed by atoms with Crippen molar-refractivity contribution in [1.29, 1.82) is 0 Å². The van der Waals surface area contributed by atoms with Crippen molar-refractivity contribution < 1.29 is 14.0 Å². The third-order valence-electron chi connectivity index (χ3n) is 5.63. The minimum Gasteiger partial charge on any atom is -0.455 e. The van der Waals surface area contributed by atoms with E-state index in [1.54, 1.807) is 6.07 Å². The molecule has 28 heavy (non-hydrogen) atoms. The number of hydrogen-bond donors (Lipinski definition) is 1. The Kier molecular flexibility index (Phi) is 5.35. The fourth-order valence-electron chi connectivity index (χ4n) is 3.92. The van der Waals surface area contributed by atoms with Gasteiger partial charge in [0.25, 0.3) is 11.8 Å². The second kappa shape index (κ2) is 7.91. The number of rotatable bonds is 3. The fraction of sp³-hybridized carbons (Fsp3) is 0.476. The predicted molar refractivity (Wildman–Crippen MR) is 109 cm³/mol.